The maximum absolute atomic E-state index is 11.8. The van der Waals surface area contributed by atoms with Crippen LogP contribution in [0.5, 0.6) is 0 Å². The first-order valence-electron chi connectivity index (χ1n) is 7.08. The summed E-state index contributed by atoms with van der Waals surface area (Å²) < 4.78 is 2.00. The molecule has 19 heavy (non-hydrogen) atoms. The lowest BCUT2D eigenvalue weighted by Gasteiger charge is -2.21. The fourth-order valence-electron chi connectivity index (χ4n) is 1.74. The number of nitrogens with one attached hydrogen (secondary N) is 2. The Kier molecular flexibility index (Phi) is 6.09. The molecule has 1 rings (SSSR count). The maximum Gasteiger partial charge on any atom is 0.239 e. The molecule has 1 aromatic rings. The van der Waals surface area contributed by atoms with E-state index < -0.39 is 0 Å². The molecular formula is C15H27N3O. The molecule has 0 spiro atoms. The number of unbranched alkanes of at least 4 members (excludes halogenated alkanes) is 1. The molecule has 0 saturated carbocycles. The largest absolute Gasteiger partial charge is 0.355 e. The zero-order chi connectivity index (χ0) is 14.3. The van der Waals surface area contributed by atoms with Crippen molar-refractivity contribution in [1.82, 2.24) is 15.2 Å². The lowest BCUT2D eigenvalue weighted by molar-refractivity contribution is -0.121. The summed E-state index contributed by atoms with van der Waals surface area (Å²) in [5, 5.41) is 6.38. The predicted molar refractivity (Wildman–Crippen MR) is 78.9 cm³/mol. The summed E-state index contributed by atoms with van der Waals surface area (Å²) in [5.41, 5.74) is 1.22. The lowest BCUT2D eigenvalue weighted by atomic mass is 10.1. The fraction of sp³-hybridized carbons (Fsp3) is 0.667. The number of carbonyl (C=O) groups excluding carboxylic acids is 1. The summed E-state index contributed by atoms with van der Waals surface area (Å²) >= 11 is 0. The Morgan fingerprint density at radius 2 is 2.11 bits per heavy atom. The molecule has 0 saturated heterocycles. The Hall–Kier alpha value is -1.29. The van der Waals surface area contributed by atoms with E-state index in [0.717, 1.165) is 31.6 Å². The molecule has 2 N–H and O–H groups in total. The third-order valence-electron chi connectivity index (χ3n) is 2.89. The van der Waals surface area contributed by atoms with Gasteiger partial charge in [-0.05, 0) is 39.3 Å². The average Bonchev–Trinajstić information content (AvgIpc) is 2.73. The SMILES string of the molecule is CCCCNC(=O)Cn1cccc1CNC(C)(C)C. The molecule has 4 heteroatoms. The Bertz CT molecular complexity index is 390. The van der Waals surface area contributed by atoms with Crippen molar-refractivity contribution in [3.8, 4) is 0 Å². The summed E-state index contributed by atoms with van der Waals surface area (Å²) in [6, 6.07) is 4.04. The van der Waals surface area contributed by atoms with Gasteiger partial charge in [-0.1, -0.05) is 13.3 Å². The molecule has 0 aliphatic rings. The van der Waals surface area contributed by atoms with E-state index in [-0.39, 0.29) is 11.4 Å². The number of carbonyl (C=O) groups is 1. The number of hydrogen-bond donors (Lipinski definition) is 2. The molecule has 0 bridgehead atoms. The molecule has 0 unspecified atom stereocenters. The third kappa shape index (κ3) is 6.43. The van der Waals surface area contributed by atoms with Crippen LogP contribution in [-0.2, 0) is 17.9 Å². The van der Waals surface area contributed by atoms with E-state index in [2.05, 4.69) is 44.4 Å². The smallest absolute Gasteiger partial charge is 0.239 e. The number of rotatable bonds is 7. The van der Waals surface area contributed by atoms with E-state index in [4.69, 9.17) is 0 Å². The second kappa shape index (κ2) is 7.34. The Labute approximate surface area is 116 Å². The first kappa shape index (κ1) is 15.8. The number of aromatic nitrogens is 1. The van der Waals surface area contributed by atoms with Crippen LogP contribution in [0.15, 0.2) is 18.3 Å². The molecule has 0 fully saturated rings. The van der Waals surface area contributed by atoms with Crippen LogP contribution in [0.2, 0.25) is 0 Å². The van der Waals surface area contributed by atoms with Gasteiger partial charge in [-0.2, -0.15) is 0 Å². The van der Waals surface area contributed by atoms with Crippen LogP contribution in [0.1, 0.15) is 46.2 Å². The second-order valence-electron chi connectivity index (χ2n) is 5.93. The van der Waals surface area contributed by atoms with E-state index in [9.17, 15) is 4.79 Å². The van der Waals surface area contributed by atoms with Gasteiger partial charge in [-0.25, -0.2) is 0 Å². The van der Waals surface area contributed by atoms with Crippen molar-refractivity contribution in [1.29, 1.82) is 0 Å². The van der Waals surface area contributed by atoms with Crippen molar-refractivity contribution in [2.24, 2.45) is 0 Å². The molecule has 0 aliphatic heterocycles. The van der Waals surface area contributed by atoms with E-state index in [1.165, 1.54) is 0 Å². The van der Waals surface area contributed by atoms with Gasteiger partial charge < -0.3 is 15.2 Å². The van der Waals surface area contributed by atoms with Crippen molar-refractivity contribution < 1.29 is 4.79 Å². The highest BCUT2D eigenvalue weighted by atomic mass is 16.1. The topological polar surface area (TPSA) is 46.1 Å². The molecule has 0 radical (unpaired) electrons. The highest BCUT2D eigenvalue weighted by molar-refractivity contribution is 5.75. The Morgan fingerprint density at radius 1 is 1.37 bits per heavy atom. The molecule has 1 heterocycles. The van der Waals surface area contributed by atoms with Gasteiger partial charge in [0.15, 0.2) is 0 Å². The highest BCUT2D eigenvalue weighted by Crippen LogP contribution is 2.06. The minimum Gasteiger partial charge on any atom is -0.355 e. The predicted octanol–water partition coefficient (Wildman–Crippen LogP) is 2.29. The first-order valence-corrected chi connectivity index (χ1v) is 7.08. The number of nitrogens with zero attached hydrogens (tertiary/aromatic N) is 1. The van der Waals surface area contributed by atoms with E-state index >= 15 is 0 Å². The second-order valence-corrected chi connectivity index (χ2v) is 5.93. The summed E-state index contributed by atoms with van der Waals surface area (Å²) in [4.78, 5) is 11.8. The van der Waals surface area contributed by atoms with Gasteiger partial charge in [-0.3, -0.25) is 4.79 Å². The van der Waals surface area contributed by atoms with Gasteiger partial charge in [0.25, 0.3) is 0 Å². The Balaban J connectivity index is 2.46. The van der Waals surface area contributed by atoms with Crippen molar-refractivity contribution in [2.45, 2.75) is 59.2 Å². The average molecular weight is 265 g/mol. The summed E-state index contributed by atoms with van der Waals surface area (Å²) in [5.74, 6) is 0.0849. The van der Waals surface area contributed by atoms with Gasteiger partial charge in [0.2, 0.25) is 5.91 Å². The highest BCUT2D eigenvalue weighted by Gasteiger charge is 2.11. The van der Waals surface area contributed by atoms with Crippen molar-refractivity contribution in [3.05, 3.63) is 24.0 Å². The minimum atomic E-state index is 0.0818. The van der Waals surface area contributed by atoms with Crippen LogP contribution in [0.3, 0.4) is 0 Å². The van der Waals surface area contributed by atoms with Crippen LogP contribution in [-0.4, -0.2) is 22.6 Å². The molecule has 0 atom stereocenters. The number of amides is 1. The van der Waals surface area contributed by atoms with Gasteiger partial charge >= 0.3 is 0 Å². The van der Waals surface area contributed by atoms with E-state index in [1.807, 2.05) is 16.8 Å². The normalized spacial score (nSPS) is 11.6. The van der Waals surface area contributed by atoms with E-state index in [0.29, 0.717) is 6.54 Å². The summed E-state index contributed by atoms with van der Waals surface area (Å²) in [7, 11) is 0. The third-order valence-corrected chi connectivity index (χ3v) is 2.89. The molecular weight excluding hydrogens is 238 g/mol. The van der Waals surface area contributed by atoms with Gasteiger partial charge in [-0.15, -0.1) is 0 Å². The van der Waals surface area contributed by atoms with Crippen LogP contribution >= 0.6 is 0 Å². The molecule has 1 aromatic heterocycles. The van der Waals surface area contributed by atoms with E-state index in [1.54, 1.807) is 0 Å². The van der Waals surface area contributed by atoms with Crippen LogP contribution < -0.4 is 10.6 Å². The van der Waals surface area contributed by atoms with Crippen LogP contribution in [0.4, 0.5) is 0 Å². The Morgan fingerprint density at radius 3 is 2.74 bits per heavy atom. The van der Waals surface area contributed by atoms with Crippen molar-refractivity contribution in [2.75, 3.05) is 6.54 Å². The molecule has 1 amide bonds. The monoisotopic (exact) mass is 265 g/mol. The van der Waals surface area contributed by atoms with Gasteiger partial charge in [0, 0.05) is 30.5 Å². The number of hydrogen-bond acceptors (Lipinski definition) is 2. The van der Waals surface area contributed by atoms with Crippen molar-refractivity contribution >= 4 is 5.91 Å². The standard InChI is InChI=1S/C15H27N3O/c1-5-6-9-16-14(19)12-18-10-7-8-13(18)11-17-15(2,3)4/h7-8,10,17H,5-6,9,11-12H2,1-4H3,(H,16,19). The zero-order valence-corrected chi connectivity index (χ0v) is 12.6. The fourth-order valence-corrected chi connectivity index (χ4v) is 1.74. The van der Waals surface area contributed by atoms with Crippen molar-refractivity contribution in [3.63, 3.8) is 0 Å². The first-order chi connectivity index (χ1) is 8.92. The molecule has 0 aromatic carbocycles. The van der Waals surface area contributed by atoms with Gasteiger partial charge in [0.05, 0.1) is 0 Å². The quantitative estimate of drug-likeness (QED) is 0.743. The maximum atomic E-state index is 11.8. The van der Waals surface area contributed by atoms with Crippen LogP contribution in [0.25, 0.3) is 0 Å². The zero-order valence-electron chi connectivity index (χ0n) is 12.6. The van der Waals surface area contributed by atoms with Gasteiger partial charge in [0.1, 0.15) is 6.54 Å². The minimum absolute atomic E-state index is 0.0818. The molecule has 4 nitrogen and oxygen atoms in total. The lowest BCUT2D eigenvalue weighted by Crippen LogP contribution is -2.36. The van der Waals surface area contributed by atoms with Crippen LogP contribution in [0, 0.1) is 0 Å². The summed E-state index contributed by atoms with van der Waals surface area (Å²) in [6.07, 6.45) is 4.10. The summed E-state index contributed by atoms with van der Waals surface area (Å²) in [6.45, 7) is 10.5. The molecule has 0 aliphatic carbocycles. The molecule has 108 valence electrons.